The van der Waals surface area contributed by atoms with E-state index >= 15 is 0 Å². The van der Waals surface area contributed by atoms with Gasteiger partial charge in [0.25, 0.3) is 10.0 Å². The molecule has 6 nitrogen and oxygen atoms in total. The number of sulfonamides is 1. The third-order valence-corrected chi connectivity index (χ3v) is 6.79. The average molecular weight is 457 g/mol. The number of methoxy groups -OCH3 is 1. The molecule has 0 spiro atoms. The molecular formula is C24H25FN2O4S. The summed E-state index contributed by atoms with van der Waals surface area (Å²) >= 11 is 0. The quantitative estimate of drug-likeness (QED) is 0.533. The molecule has 0 aliphatic rings. The highest BCUT2D eigenvalue weighted by Crippen LogP contribution is 2.32. The Kier molecular flexibility index (Phi) is 7.48. The number of benzene rings is 3. The fraction of sp³-hybridized carbons (Fsp3) is 0.208. The van der Waals surface area contributed by atoms with Crippen LogP contribution in [0.1, 0.15) is 11.1 Å². The van der Waals surface area contributed by atoms with Crippen LogP contribution in [0, 0.1) is 12.7 Å². The molecule has 32 heavy (non-hydrogen) atoms. The highest BCUT2D eigenvalue weighted by molar-refractivity contribution is 7.92. The molecule has 0 fully saturated rings. The Bertz CT molecular complexity index is 1180. The largest absolute Gasteiger partial charge is 0.495 e. The van der Waals surface area contributed by atoms with Gasteiger partial charge in [-0.15, -0.1) is 0 Å². The van der Waals surface area contributed by atoms with Crippen molar-refractivity contribution in [3.05, 3.63) is 89.7 Å². The third-order valence-electron chi connectivity index (χ3n) is 5.02. The van der Waals surface area contributed by atoms with Gasteiger partial charge in [-0.1, -0.05) is 36.4 Å². The van der Waals surface area contributed by atoms with Gasteiger partial charge in [0, 0.05) is 6.54 Å². The van der Waals surface area contributed by atoms with E-state index in [1.54, 1.807) is 24.3 Å². The maximum Gasteiger partial charge on any atom is 0.264 e. The summed E-state index contributed by atoms with van der Waals surface area (Å²) in [6.45, 7) is 1.91. The number of hydrogen-bond acceptors (Lipinski definition) is 4. The fourth-order valence-electron chi connectivity index (χ4n) is 3.28. The molecule has 0 bridgehead atoms. The fourth-order valence-corrected chi connectivity index (χ4v) is 4.71. The first-order chi connectivity index (χ1) is 15.3. The van der Waals surface area contributed by atoms with Crippen LogP contribution in [-0.4, -0.2) is 34.5 Å². The smallest absolute Gasteiger partial charge is 0.264 e. The van der Waals surface area contributed by atoms with Gasteiger partial charge >= 0.3 is 0 Å². The highest BCUT2D eigenvalue weighted by atomic mass is 32.2. The van der Waals surface area contributed by atoms with Crippen LogP contribution in [-0.2, 0) is 21.2 Å². The summed E-state index contributed by atoms with van der Waals surface area (Å²) in [4.78, 5) is 12.6. The van der Waals surface area contributed by atoms with Crippen LogP contribution in [0.3, 0.4) is 0 Å². The minimum atomic E-state index is -4.16. The minimum Gasteiger partial charge on any atom is -0.495 e. The van der Waals surface area contributed by atoms with E-state index in [1.807, 2.05) is 31.2 Å². The number of carbonyl (C=O) groups is 1. The number of anilines is 1. The summed E-state index contributed by atoms with van der Waals surface area (Å²) in [5, 5.41) is 2.78. The number of hydrogen-bond donors (Lipinski definition) is 1. The lowest BCUT2D eigenvalue weighted by Crippen LogP contribution is -2.41. The average Bonchev–Trinajstić information content (AvgIpc) is 2.79. The number of nitrogens with zero attached hydrogens (tertiary/aromatic N) is 1. The number of nitrogens with one attached hydrogen (secondary N) is 1. The van der Waals surface area contributed by atoms with Crippen molar-refractivity contribution in [2.75, 3.05) is 24.5 Å². The van der Waals surface area contributed by atoms with Crippen molar-refractivity contribution in [2.45, 2.75) is 18.2 Å². The third kappa shape index (κ3) is 5.45. The Morgan fingerprint density at radius 1 is 1.00 bits per heavy atom. The van der Waals surface area contributed by atoms with Gasteiger partial charge in [0.15, 0.2) is 0 Å². The molecule has 0 saturated carbocycles. The number of halogens is 1. The molecule has 168 valence electrons. The Morgan fingerprint density at radius 3 is 2.34 bits per heavy atom. The Morgan fingerprint density at radius 2 is 1.66 bits per heavy atom. The van der Waals surface area contributed by atoms with E-state index in [0.717, 1.165) is 27.6 Å². The summed E-state index contributed by atoms with van der Waals surface area (Å²) in [7, 11) is -2.74. The molecule has 3 rings (SSSR count). The Balaban J connectivity index is 1.83. The lowest BCUT2D eigenvalue weighted by Gasteiger charge is -2.25. The first-order valence-corrected chi connectivity index (χ1v) is 11.5. The molecule has 8 heteroatoms. The number of amides is 1. The summed E-state index contributed by atoms with van der Waals surface area (Å²) in [6, 6.07) is 18.9. The summed E-state index contributed by atoms with van der Waals surface area (Å²) in [6.07, 6.45) is 0.623. The number of aryl methyl sites for hydroxylation is 1. The van der Waals surface area contributed by atoms with Crippen molar-refractivity contribution < 1.29 is 22.3 Å². The van der Waals surface area contributed by atoms with Crippen molar-refractivity contribution in [1.82, 2.24) is 5.32 Å². The molecule has 0 saturated heterocycles. The van der Waals surface area contributed by atoms with Gasteiger partial charge in [0.2, 0.25) is 5.91 Å². The Hall–Kier alpha value is -3.39. The van der Waals surface area contributed by atoms with Gasteiger partial charge in [0.1, 0.15) is 18.1 Å². The van der Waals surface area contributed by atoms with Crippen molar-refractivity contribution in [2.24, 2.45) is 0 Å². The van der Waals surface area contributed by atoms with Crippen molar-refractivity contribution >= 4 is 21.6 Å². The second kappa shape index (κ2) is 10.3. The van der Waals surface area contributed by atoms with Crippen LogP contribution >= 0.6 is 0 Å². The summed E-state index contributed by atoms with van der Waals surface area (Å²) < 4.78 is 46.3. The molecule has 0 heterocycles. The van der Waals surface area contributed by atoms with Crippen LogP contribution in [0.4, 0.5) is 10.1 Å². The molecule has 0 radical (unpaired) electrons. The van der Waals surface area contributed by atoms with E-state index in [4.69, 9.17) is 4.74 Å². The van der Waals surface area contributed by atoms with Crippen molar-refractivity contribution in [3.8, 4) is 5.75 Å². The van der Waals surface area contributed by atoms with E-state index in [1.165, 1.54) is 19.2 Å². The standard InChI is InChI=1S/C24H25FN2O4S/c1-18-7-3-4-8-19(18)15-16-26-24(28)17-27(22-9-5-6-10-23(22)31-2)32(29,30)21-13-11-20(25)12-14-21/h3-14H,15-17H2,1-2H3,(H,26,28). The van der Waals surface area contributed by atoms with Gasteiger partial charge in [0.05, 0.1) is 17.7 Å². The molecule has 0 unspecified atom stereocenters. The molecule has 0 aromatic heterocycles. The van der Waals surface area contributed by atoms with Gasteiger partial charge in [-0.05, 0) is 60.9 Å². The van der Waals surface area contributed by atoms with Crippen LogP contribution < -0.4 is 14.4 Å². The second-order valence-corrected chi connectivity index (χ2v) is 9.03. The molecule has 0 atom stereocenters. The maximum atomic E-state index is 13.4. The molecule has 0 aliphatic heterocycles. The molecule has 0 aliphatic carbocycles. The van der Waals surface area contributed by atoms with Crippen LogP contribution in [0.25, 0.3) is 0 Å². The lowest BCUT2D eigenvalue weighted by atomic mass is 10.1. The number of carbonyl (C=O) groups excluding carboxylic acids is 1. The van der Waals surface area contributed by atoms with Gasteiger partial charge in [-0.3, -0.25) is 9.10 Å². The van der Waals surface area contributed by atoms with E-state index in [-0.39, 0.29) is 10.6 Å². The zero-order valence-corrected chi connectivity index (χ0v) is 18.7. The molecule has 1 N–H and O–H groups in total. The maximum absolute atomic E-state index is 13.4. The van der Waals surface area contributed by atoms with E-state index in [9.17, 15) is 17.6 Å². The first-order valence-electron chi connectivity index (χ1n) is 10.1. The summed E-state index contributed by atoms with van der Waals surface area (Å²) in [5.41, 5.74) is 2.44. The molecule has 1 amide bonds. The van der Waals surface area contributed by atoms with Crippen molar-refractivity contribution in [3.63, 3.8) is 0 Å². The summed E-state index contributed by atoms with van der Waals surface area (Å²) in [5.74, 6) is -0.720. The van der Waals surface area contributed by atoms with E-state index in [0.29, 0.717) is 18.7 Å². The predicted molar refractivity (Wildman–Crippen MR) is 122 cm³/mol. The zero-order valence-electron chi connectivity index (χ0n) is 17.9. The van der Waals surface area contributed by atoms with E-state index < -0.39 is 28.3 Å². The van der Waals surface area contributed by atoms with Gasteiger partial charge < -0.3 is 10.1 Å². The monoisotopic (exact) mass is 456 g/mol. The SMILES string of the molecule is COc1ccccc1N(CC(=O)NCCc1ccccc1C)S(=O)(=O)c1ccc(F)cc1. The minimum absolute atomic E-state index is 0.127. The molecule has 3 aromatic rings. The molecule has 3 aromatic carbocycles. The van der Waals surface area contributed by atoms with Gasteiger partial charge in [-0.25, -0.2) is 12.8 Å². The zero-order chi connectivity index (χ0) is 23.1. The van der Waals surface area contributed by atoms with Crippen LogP contribution in [0.2, 0.25) is 0 Å². The normalized spacial score (nSPS) is 11.1. The Labute approximate surface area is 187 Å². The predicted octanol–water partition coefficient (Wildman–Crippen LogP) is 3.70. The lowest BCUT2D eigenvalue weighted by molar-refractivity contribution is -0.119. The van der Waals surface area contributed by atoms with E-state index in [2.05, 4.69) is 5.32 Å². The highest BCUT2D eigenvalue weighted by Gasteiger charge is 2.29. The van der Waals surface area contributed by atoms with Crippen LogP contribution in [0.5, 0.6) is 5.75 Å². The van der Waals surface area contributed by atoms with Gasteiger partial charge in [-0.2, -0.15) is 0 Å². The molecular weight excluding hydrogens is 431 g/mol. The first kappa shape index (κ1) is 23.3. The second-order valence-electron chi connectivity index (χ2n) is 7.16. The topological polar surface area (TPSA) is 75.7 Å². The number of para-hydroxylation sites is 2. The number of rotatable bonds is 9. The van der Waals surface area contributed by atoms with Crippen LogP contribution in [0.15, 0.2) is 77.7 Å². The number of ether oxygens (including phenoxy) is 1. The van der Waals surface area contributed by atoms with Crippen molar-refractivity contribution in [1.29, 1.82) is 0 Å².